The third-order valence-corrected chi connectivity index (χ3v) is 3.95. The zero-order valence-electron chi connectivity index (χ0n) is 11.9. The lowest BCUT2D eigenvalue weighted by Crippen LogP contribution is -2.38. The molecule has 1 aliphatic heterocycles. The van der Waals surface area contributed by atoms with Crippen molar-refractivity contribution in [2.75, 3.05) is 26.0 Å². The highest BCUT2D eigenvalue weighted by Crippen LogP contribution is 2.36. The van der Waals surface area contributed by atoms with Crippen LogP contribution in [0.25, 0.3) is 0 Å². The molecule has 0 unspecified atom stereocenters. The molecule has 1 heterocycles. The van der Waals surface area contributed by atoms with Gasteiger partial charge in [0, 0.05) is 12.3 Å². The van der Waals surface area contributed by atoms with Gasteiger partial charge in [-0.15, -0.1) is 0 Å². The van der Waals surface area contributed by atoms with Gasteiger partial charge in [0.1, 0.15) is 6.61 Å². The van der Waals surface area contributed by atoms with E-state index in [0.29, 0.717) is 17.9 Å². The molecule has 0 aliphatic carbocycles. The molecule has 0 saturated carbocycles. The molecule has 1 N–H and O–H groups in total. The van der Waals surface area contributed by atoms with Crippen LogP contribution < -0.4 is 14.8 Å². The van der Waals surface area contributed by atoms with Gasteiger partial charge in [0.25, 0.3) is 0 Å². The number of carbonyl (C=O) groups is 1. The maximum Gasteiger partial charge on any atom is 0.441 e. The summed E-state index contributed by atoms with van der Waals surface area (Å²) < 4.78 is 46.7. The maximum atomic E-state index is 12.0. The van der Waals surface area contributed by atoms with Crippen LogP contribution in [0.2, 0.25) is 0 Å². The fourth-order valence-electron chi connectivity index (χ4n) is 2.21. The number of nitrogens with one attached hydrogen (secondary N) is 1. The summed E-state index contributed by atoms with van der Waals surface area (Å²) in [5.74, 6) is 0.332. The lowest BCUT2D eigenvalue weighted by molar-refractivity contribution is -0.126. The molecule has 2 rings (SSSR count). The Balaban J connectivity index is 1.85. The van der Waals surface area contributed by atoms with Gasteiger partial charge in [-0.25, -0.2) is 0 Å². The van der Waals surface area contributed by atoms with E-state index in [-0.39, 0.29) is 36.6 Å². The topological polar surface area (TPSA) is 47.6 Å². The molecule has 8 heteroatoms. The van der Waals surface area contributed by atoms with Gasteiger partial charge in [0.2, 0.25) is 5.91 Å². The number of thioether (sulfide) groups is 1. The predicted octanol–water partition coefficient (Wildman–Crippen LogP) is 2.62. The van der Waals surface area contributed by atoms with Crippen molar-refractivity contribution in [2.45, 2.75) is 11.9 Å². The molecule has 1 aromatic carbocycles. The number of methoxy groups -OCH3 is 1. The second kappa shape index (κ2) is 7.13. The SMILES string of the molecule is COc1cccc2c1OC[C@@H](C(=O)NCCSC(F)(F)F)C2. The molecule has 1 aliphatic rings. The number of carbonyl (C=O) groups excluding carboxylic acids is 1. The van der Waals surface area contributed by atoms with Gasteiger partial charge in [-0.1, -0.05) is 12.1 Å². The number of rotatable bonds is 5. The van der Waals surface area contributed by atoms with Crippen LogP contribution >= 0.6 is 11.8 Å². The number of benzene rings is 1. The first-order chi connectivity index (χ1) is 10.4. The van der Waals surface area contributed by atoms with Crippen molar-refractivity contribution in [3.05, 3.63) is 23.8 Å². The van der Waals surface area contributed by atoms with Crippen molar-refractivity contribution in [3.8, 4) is 11.5 Å². The highest BCUT2D eigenvalue weighted by atomic mass is 32.2. The summed E-state index contributed by atoms with van der Waals surface area (Å²) in [5.41, 5.74) is -3.41. The molecule has 0 radical (unpaired) electrons. The number of ether oxygens (including phenoxy) is 2. The molecule has 0 spiro atoms. The van der Waals surface area contributed by atoms with E-state index in [1.165, 1.54) is 7.11 Å². The van der Waals surface area contributed by atoms with Crippen LogP contribution in [0, 0.1) is 5.92 Å². The van der Waals surface area contributed by atoms with E-state index in [0.717, 1.165) is 5.56 Å². The standard InChI is InChI=1S/C14H16F3NO3S/c1-20-11-4-2-3-9-7-10(8-21-12(9)11)13(19)18-5-6-22-14(15,16)17/h2-4,10H,5-8H2,1H3,(H,18,19)/t10-/m0/s1. The van der Waals surface area contributed by atoms with E-state index in [2.05, 4.69) is 5.32 Å². The maximum absolute atomic E-state index is 12.0. The zero-order valence-corrected chi connectivity index (χ0v) is 12.7. The Morgan fingerprint density at radius 2 is 2.27 bits per heavy atom. The van der Waals surface area contributed by atoms with Gasteiger partial charge in [0.05, 0.1) is 13.0 Å². The first kappa shape index (κ1) is 16.8. The smallest absolute Gasteiger partial charge is 0.441 e. The van der Waals surface area contributed by atoms with E-state index >= 15 is 0 Å². The average Bonchev–Trinajstić information content (AvgIpc) is 2.49. The number of hydrogen-bond acceptors (Lipinski definition) is 4. The minimum Gasteiger partial charge on any atom is -0.493 e. The van der Waals surface area contributed by atoms with Crippen molar-refractivity contribution in [1.82, 2.24) is 5.32 Å². The monoisotopic (exact) mass is 335 g/mol. The Hall–Kier alpha value is -1.57. The molecule has 0 saturated heterocycles. The lowest BCUT2D eigenvalue weighted by Gasteiger charge is -2.25. The van der Waals surface area contributed by atoms with E-state index < -0.39 is 11.4 Å². The van der Waals surface area contributed by atoms with Crippen molar-refractivity contribution >= 4 is 17.7 Å². The molecular weight excluding hydrogens is 319 g/mol. The molecular formula is C14H16F3NO3S. The summed E-state index contributed by atoms with van der Waals surface area (Å²) in [6.45, 7) is 0.163. The van der Waals surface area contributed by atoms with Crippen molar-refractivity contribution in [2.24, 2.45) is 5.92 Å². The van der Waals surface area contributed by atoms with Crippen LogP contribution in [0.4, 0.5) is 13.2 Å². The zero-order chi connectivity index (χ0) is 16.2. The largest absolute Gasteiger partial charge is 0.493 e. The number of halogens is 3. The van der Waals surface area contributed by atoms with Gasteiger partial charge >= 0.3 is 5.51 Å². The third-order valence-electron chi connectivity index (χ3n) is 3.21. The lowest BCUT2D eigenvalue weighted by atomic mass is 9.95. The average molecular weight is 335 g/mol. The third kappa shape index (κ3) is 4.46. The van der Waals surface area contributed by atoms with Gasteiger partial charge in [-0.3, -0.25) is 4.79 Å². The highest BCUT2D eigenvalue weighted by molar-refractivity contribution is 8.00. The Kier molecular flexibility index (Phi) is 5.44. The fraction of sp³-hybridized carbons (Fsp3) is 0.500. The van der Waals surface area contributed by atoms with Gasteiger partial charge in [-0.2, -0.15) is 13.2 Å². The van der Waals surface area contributed by atoms with Crippen LogP contribution in [0.3, 0.4) is 0 Å². The first-order valence-electron chi connectivity index (χ1n) is 6.68. The fourth-order valence-corrected chi connectivity index (χ4v) is 2.64. The van der Waals surface area contributed by atoms with Crippen molar-refractivity contribution < 1.29 is 27.4 Å². The number of para-hydroxylation sites is 1. The van der Waals surface area contributed by atoms with Crippen LogP contribution in [-0.2, 0) is 11.2 Å². The van der Waals surface area contributed by atoms with Crippen LogP contribution in [0.5, 0.6) is 11.5 Å². The summed E-state index contributed by atoms with van der Waals surface area (Å²) in [7, 11) is 1.54. The van der Waals surface area contributed by atoms with Gasteiger partial charge < -0.3 is 14.8 Å². The highest BCUT2D eigenvalue weighted by Gasteiger charge is 2.29. The van der Waals surface area contributed by atoms with E-state index in [1.807, 2.05) is 6.07 Å². The van der Waals surface area contributed by atoms with Gasteiger partial charge in [-0.05, 0) is 29.8 Å². The Morgan fingerprint density at radius 3 is 2.95 bits per heavy atom. The summed E-state index contributed by atoms with van der Waals surface area (Å²) in [4.78, 5) is 12.0. The number of hydrogen-bond donors (Lipinski definition) is 1. The summed E-state index contributed by atoms with van der Waals surface area (Å²) in [5, 5.41) is 2.51. The van der Waals surface area contributed by atoms with Crippen molar-refractivity contribution in [3.63, 3.8) is 0 Å². The molecule has 1 amide bonds. The van der Waals surface area contributed by atoms with Crippen LogP contribution in [0.15, 0.2) is 18.2 Å². The summed E-state index contributed by atoms with van der Waals surface area (Å²) in [6, 6.07) is 5.42. The summed E-state index contributed by atoms with van der Waals surface area (Å²) >= 11 is -0.147. The quantitative estimate of drug-likeness (QED) is 0.841. The molecule has 0 fully saturated rings. The number of amides is 1. The summed E-state index contributed by atoms with van der Waals surface area (Å²) in [6.07, 6.45) is 0.477. The second-order valence-corrected chi connectivity index (χ2v) is 5.91. The normalized spacial score (nSPS) is 17.4. The number of fused-ring (bicyclic) bond motifs is 1. The minimum absolute atomic E-state index is 0.0233. The van der Waals surface area contributed by atoms with Crippen LogP contribution in [-0.4, -0.2) is 37.4 Å². The molecule has 0 aromatic heterocycles. The van der Waals surface area contributed by atoms with E-state index in [9.17, 15) is 18.0 Å². The Morgan fingerprint density at radius 1 is 1.50 bits per heavy atom. The molecule has 22 heavy (non-hydrogen) atoms. The molecule has 0 bridgehead atoms. The van der Waals surface area contributed by atoms with E-state index in [4.69, 9.17) is 9.47 Å². The molecule has 122 valence electrons. The number of alkyl halides is 3. The molecule has 1 aromatic rings. The second-order valence-electron chi connectivity index (χ2n) is 4.75. The molecule has 4 nitrogen and oxygen atoms in total. The predicted molar refractivity (Wildman–Crippen MR) is 77.2 cm³/mol. The Bertz CT molecular complexity index is 537. The van der Waals surface area contributed by atoms with Crippen molar-refractivity contribution in [1.29, 1.82) is 0 Å². The van der Waals surface area contributed by atoms with Crippen LogP contribution in [0.1, 0.15) is 5.56 Å². The van der Waals surface area contributed by atoms with E-state index in [1.54, 1.807) is 12.1 Å². The minimum atomic E-state index is -4.27. The van der Waals surface area contributed by atoms with Gasteiger partial charge in [0.15, 0.2) is 11.5 Å². The first-order valence-corrected chi connectivity index (χ1v) is 7.66. The Labute approximate surface area is 130 Å². The molecule has 1 atom stereocenters.